The molecule has 2 N–H and O–H groups in total. The standard InChI is InChI=1S/C19H23N5O4S2/c1-4-19(3)16(26)24(17(27)20-19)23-14(25)9-29-18-22-21-15(28-18)13-8-11-7-10(2)5-6-12(11)30-13/h8,10H,4-7,9H2,1-3H3,(H,20,27)(H,23,25). The maximum absolute atomic E-state index is 12.3. The van der Waals surface area contributed by atoms with Crippen LogP contribution in [0.3, 0.4) is 0 Å². The van der Waals surface area contributed by atoms with Crippen LogP contribution in [0, 0.1) is 5.92 Å². The number of hydrogen-bond donors (Lipinski definition) is 2. The third-order valence-corrected chi connectivity index (χ3v) is 7.52. The van der Waals surface area contributed by atoms with Gasteiger partial charge in [-0.1, -0.05) is 25.6 Å². The molecule has 2 atom stereocenters. The second-order valence-corrected chi connectivity index (χ2v) is 9.92. The second-order valence-electron chi connectivity index (χ2n) is 7.86. The highest BCUT2D eigenvalue weighted by Crippen LogP contribution is 2.37. The number of urea groups is 1. The van der Waals surface area contributed by atoms with Crippen LogP contribution in [0.5, 0.6) is 0 Å². The summed E-state index contributed by atoms with van der Waals surface area (Å²) in [6, 6.07) is 1.48. The average Bonchev–Trinajstić information content (AvgIpc) is 3.40. The van der Waals surface area contributed by atoms with Gasteiger partial charge < -0.3 is 9.73 Å². The van der Waals surface area contributed by atoms with Gasteiger partial charge in [0.15, 0.2) is 0 Å². The number of aromatic nitrogens is 2. The van der Waals surface area contributed by atoms with Crippen molar-refractivity contribution < 1.29 is 18.8 Å². The van der Waals surface area contributed by atoms with Crippen LogP contribution in [0.2, 0.25) is 0 Å². The van der Waals surface area contributed by atoms with Crippen molar-refractivity contribution in [1.82, 2.24) is 25.9 Å². The minimum Gasteiger partial charge on any atom is -0.410 e. The molecule has 0 saturated carbocycles. The molecule has 2 aromatic heterocycles. The first-order chi connectivity index (χ1) is 14.3. The molecule has 0 radical (unpaired) electrons. The summed E-state index contributed by atoms with van der Waals surface area (Å²) in [5, 5.41) is 11.7. The molecule has 4 rings (SSSR count). The number of aryl methyl sites for hydroxylation is 1. The third-order valence-electron chi connectivity index (χ3n) is 5.48. The smallest absolute Gasteiger partial charge is 0.344 e. The Morgan fingerprint density at radius 1 is 1.47 bits per heavy atom. The van der Waals surface area contributed by atoms with Crippen molar-refractivity contribution in [2.45, 2.75) is 57.2 Å². The fraction of sp³-hybridized carbons (Fsp3) is 0.526. The summed E-state index contributed by atoms with van der Waals surface area (Å²) in [6.45, 7) is 5.67. The van der Waals surface area contributed by atoms with E-state index in [0.717, 1.165) is 34.5 Å². The zero-order chi connectivity index (χ0) is 21.5. The highest BCUT2D eigenvalue weighted by atomic mass is 32.2. The van der Waals surface area contributed by atoms with Crippen LogP contribution in [-0.4, -0.2) is 44.3 Å². The van der Waals surface area contributed by atoms with E-state index in [1.807, 2.05) is 0 Å². The molecule has 11 heteroatoms. The number of carbonyl (C=O) groups excluding carboxylic acids is 3. The normalized spacial score (nSPS) is 23.4. The van der Waals surface area contributed by atoms with Crippen molar-refractivity contribution in [2.24, 2.45) is 5.92 Å². The lowest BCUT2D eigenvalue weighted by molar-refractivity contribution is -0.137. The summed E-state index contributed by atoms with van der Waals surface area (Å²) < 4.78 is 5.70. The van der Waals surface area contributed by atoms with Crippen molar-refractivity contribution in [3.8, 4) is 10.8 Å². The lowest BCUT2D eigenvalue weighted by atomic mass is 9.90. The van der Waals surface area contributed by atoms with Gasteiger partial charge in [0.05, 0.1) is 10.6 Å². The fourth-order valence-corrected chi connectivity index (χ4v) is 5.17. The zero-order valence-electron chi connectivity index (χ0n) is 17.0. The molecule has 160 valence electrons. The summed E-state index contributed by atoms with van der Waals surface area (Å²) in [7, 11) is 0. The topological polar surface area (TPSA) is 117 Å². The Hall–Kier alpha value is -2.40. The minimum absolute atomic E-state index is 0.0695. The number of hydrazine groups is 1. The number of hydrogen-bond acceptors (Lipinski definition) is 8. The molecule has 0 bridgehead atoms. The monoisotopic (exact) mass is 449 g/mol. The van der Waals surface area contributed by atoms with Gasteiger partial charge in [-0.2, -0.15) is 5.01 Å². The van der Waals surface area contributed by atoms with E-state index in [1.54, 1.807) is 25.2 Å². The van der Waals surface area contributed by atoms with Crippen LogP contribution in [0.1, 0.15) is 44.1 Å². The molecular weight excluding hydrogens is 426 g/mol. The number of amides is 4. The molecule has 1 saturated heterocycles. The molecule has 9 nitrogen and oxygen atoms in total. The molecule has 0 spiro atoms. The summed E-state index contributed by atoms with van der Waals surface area (Å²) >= 11 is 2.73. The van der Waals surface area contributed by atoms with Gasteiger partial charge in [0.2, 0.25) is 5.91 Å². The van der Waals surface area contributed by atoms with Crippen LogP contribution in [0.4, 0.5) is 4.79 Å². The summed E-state index contributed by atoms with van der Waals surface area (Å²) in [5.74, 6) is 0.0679. The molecule has 2 aromatic rings. The molecule has 4 amide bonds. The highest BCUT2D eigenvalue weighted by molar-refractivity contribution is 7.99. The number of nitrogens with one attached hydrogen (secondary N) is 2. The van der Waals surface area contributed by atoms with E-state index in [9.17, 15) is 14.4 Å². The van der Waals surface area contributed by atoms with Crippen molar-refractivity contribution in [3.63, 3.8) is 0 Å². The Morgan fingerprint density at radius 2 is 2.27 bits per heavy atom. The van der Waals surface area contributed by atoms with Gasteiger partial charge in [0, 0.05) is 4.88 Å². The van der Waals surface area contributed by atoms with Gasteiger partial charge in [0.1, 0.15) is 5.54 Å². The maximum Gasteiger partial charge on any atom is 0.344 e. The Morgan fingerprint density at radius 3 is 3.00 bits per heavy atom. The summed E-state index contributed by atoms with van der Waals surface area (Å²) in [6.07, 6.45) is 3.77. The largest absolute Gasteiger partial charge is 0.410 e. The van der Waals surface area contributed by atoms with Gasteiger partial charge in [0.25, 0.3) is 17.0 Å². The van der Waals surface area contributed by atoms with Gasteiger partial charge in [-0.15, -0.1) is 21.5 Å². The molecular formula is C19H23N5O4S2. The zero-order valence-corrected chi connectivity index (χ0v) is 18.6. The van der Waals surface area contributed by atoms with Crippen LogP contribution in [0.25, 0.3) is 10.8 Å². The predicted octanol–water partition coefficient (Wildman–Crippen LogP) is 2.77. The van der Waals surface area contributed by atoms with Crippen LogP contribution < -0.4 is 10.7 Å². The first-order valence-electron chi connectivity index (χ1n) is 9.83. The predicted molar refractivity (Wildman–Crippen MR) is 112 cm³/mol. The van der Waals surface area contributed by atoms with E-state index >= 15 is 0 Å². The molecule has 1 fully saturated rings. The highest BCUT2D eigenvalue weighted by Gasteiger charge is 2.47. The Labute approximate surface area is 182 Å². The van der Waals surface area contributed by atoms with E-state index in [1.165, 1.54) is 16.9 Å². The van der Waals surface area contributed by atoms with E-state index in [2.05, 4.69) is 33.9 Å². The van der Waals surface area contributed by atoms with Gasteiger partial charge >= 0.3 is 6.03 Å². The minimum atomic E-state index is -1.00. The molecule has 0 aromatic carbocycles. The molecule has 3 heterocycles. The van der Waals surface area contributed by atoms with E-state index in [0.29, 0.717) is 18.2 Å². The maximum atomic E-state index is 12.3. The number of imide groups is 1. The molecule has 2 aliphatic rings. The van der Waals surface area contributed by atoms with Crippen molar-refractivity contribution in [3.05, 3.63) is 16.5 Å². The molecule has 2 unspecified atom stereocenters. The lowest BCUT2D eigenvalue weighted by Gasteiger charge is -2.19. The first-order valence-corrected chi connectivity index (χ1v) is 11.6. The van der Waals surface area contributed by atoms with Crippen molar-refractivity contribution in [2.75, 3.05) is 5.75 Å². The second kappa shape index (κ2) is 8.03. The van der Waals surface area contributed by atoms with E-state index in [-0.39, 0.29) is 11.0 Å². The van der Waals surface area contributed by atoms with Gasteiger partial charge in [-0.3, -0.25) is 15.0 Å². The van der Waals surface area contributed by atoms with Crippen LogP contribution in [-0.2, 0) is 22.4 Å². The lowest BCUT2D eigenvalue weighted by Crippen LogP contribution is -2.49. The van der Waals surface area contributed by atoms with Crippen LogP contribution in [0.15, 0.2) is 15.7 Å². The fourth-order valence-electron chi connectivity index (χ4n) is 3.49. The van der Waals surface area contributed by atoms with Crippen LogP contribution >= 0.6 is 23.1 Å². The number of thiophene rings is 1. The molecule has 30 heavy (non-hydrogen) atoms. The van der Waals surface area contributed by atoms with Crippen molar-refractivity contribution in [1.29, 1.82) is 0 Å². The summed E-state index contributed by atoms with van der Waals surface area (Å²) in [4.78, 5) is 38.8. The Balaban J connectivity index is 1.34. The first kappa shape index (κ1) is 20.9. The molecule has 1 aliphatic carbocycles. The van der Waals surface area contributed by atoms with E-state index in [4.69, 9.17) is 4.42 Å². The van der Waals surface area contributed by atoms with Crippen molar-refractivity contribution >= 4 is 40.9 Å². The van der Waals surface area contributed by atoms with Gasteiger partial charge in [-0.05, 0) is 50.2 Å². The van der Waals surface area contributed by atoms with E-state index < -0.39 is 23.4 Å². The Bertz CT molecular complexity index is 1000. The number of nitrogens with zero attached hydrogens (tertiary/aromatic N) is 3. The average molecular weight is 450 g/mol. The molecule has 1 aliphatic heterocycles. The third kappa shape index (κ3) is 3.95. The Kier molecular flexibility index (Phi) is 5.58. The number of carbonyl (C=O) groups is 3. The summed E-state index contributed by atoms with van der Waals surface area (Å²) in [5.41, 5.74) is 2.69. The number of thioether (sulfide) groups is 1. The SMILES string of the molecule is CCC1(C)NC(=O)N(NC(=O)CSc2nnc(-c3cc4c(s3)CCC(C)C4)o2)C1=O. The van der Waals surface area contributed by atoms with Gasteiger partial charge in [-0.25, -0.2) is 4.79 Å². The number of fused-ring (bicyclic) bond motifs is 1. The quantitative estimate of drug-likeness (QED) is 0.514. The number of rotatable bonds is 6.